The van der Waals surface area contributed by atoms with Crippen molar-refractivity contribution >= 4 is 5.91 Å². The quantitative estimate of drug-likeness (QED) is 0.777. The Hall–Kier alpha value is -0.610. The molecule has 0 aromatic heterocycles. The molecular weight excluding hydrogens is 228 g/mol. The molecular formula is C14H26N2O2. The van der Waals surface area contributed by atoms with Crippen LogP contribution in [0.1, 0.15) is 51.4 Å². The van der Waals surface area contributed by atoms with Crippen LogP contribution in [0.5, 0.6) is 0 Å². The zero-order valence-electron chi connectivity index (χ0n) is 11.2. The second-order valence-electron chi connectivity index (χ2n) is 5.55. The zero-order valence-corrected chi connectivity index (χ0v) is 11.2. The molecule has 1 aliphatic carbocycles. The Labute approximate surface area is 110 Å². The van der Waals surface area contributed by atoms with Gasteiger partial charge in [0, 0.05) is 19.2 Å². The van der Waals surface area contributed by atoms with Crippen LogP contribution in [0.2, 0.25) is 0 Å². The van der Waals surface area contributed by atoms with Crippen molar-refractivity contribution in [3.8, 4) is 0 Å². The Balaban J connectivity index is 1.92. The molecule has 1 heterocycles. The van der Waals surface area contributed by atoms with E-state index in [0.29, 0.717) is 12.5 Å². The predicted molar refractivity (Wildman–Crippen MR) is 71.3 cm³/mol. The molecule has 1 amide bonds. The minimum Gasteiger partial charge on any atom is -0.396 e. The van der Waals surface area contributed by atoms with Crippen molar-refractivity contribution in [2.75, 3.05) is 19.7 Å². The number of nitrogens with one attached hydrogen (secondary N) is 1. The van der Waals surface area contributed by atoms with E-state index in [-0.39, 0.29) is 18.6 Å². The second-order valence-corrected chi connectivity index (χ2v) is 5.55. The lowest BCUT2D eigenvalue weighted by Gasteiger charge is -2.39. The summed E-state index contributed by atoms with van der Waals surface area (Å²) < 4.78 is 0. The summed E-state index contributed by atoms with van der Waals surface area (Å²) in [5.41, 5.74) is 0. The molecule has 0 aromatic carbocycles. The molecule has 4 nitrogen and oxygen atoms in total. The maximum atomic E-state index is 12.6. The highest BCUT2D eigenvalue weighted by Gasteiger charge is 2.32. The number of nitrogens with zero attached hydrogens (tertiary/aromatic N) is 1. The fourth-order valence-corrected chi connectivity index (χ4v) is 2.85. The third-order valence-corrected chi connectivity index (χ3v) is 4.21. The van der Waals surface area contributed by atoms with E-state index in [1.165, 1.54) is 19.3 Å². The Bertz CT molecular complexity index is 259. The smallest absolute Gasteiger partial charge is 0.239 e. The molecule has 2 aliphatic rings. The second kappa shape index (κ2) is 7.10. The van der Waals surface area contributed by atoms with Crippen LogP contribution in [0.3, 0.4) is 0 Å². The van der Waals surface area contributed by atoms with E-state index < -0.39 is 0 Å². The lowest BCUT2D eigenvalue weighted by molar-refractivity contribution is -0.137. The monoisotopic (exact) mass is 254 g/mol. The van der Waals surface area contributed by atoms with Crippen LogP contribution in [0, 0.1) is 0 Å². The highest BCUT2D eigenvalue weighted by molar-refractivity contribution is 5.82. The van der Waals surface area contributed by atoms with Crippen LogP contribution in [0.25, 0.3) is 0 Å². The van der Waals surface area contributed by atoms with Gasteiger partial charge in [-0.05, 0) is 45.1 Å². The SMILES string of the molecule is O=C(C1CCCCCN1)N(CCCO)C1CCC1. The number of amides is 1. The first kappa shape index (κ1) is 13.8. The molecule has 0 radical (unpaired) electrons. The Kier molecular flexibility index (Phi) is 5.45. The topological polar surface area (TPSA) is 52.6 Å². The van der Waals surface area contributed by atoms with Gasteiger partial charge in [-0.25, -0.2) is 0 Å². The Morgan fingerprint density at radius 1 is 1.17 bits per heavy atom. The molecule has 1 aliphatic heterocycles. The van der Waals surface area contributed by atoms with Crippen molar-refractivity contribution in [2.45, 2.75) is 63.5 Å². The van der Waals surface area contributed by atoms with Crippen molar-refractivity contribution in [3.63, 3.8) is 0 Å². The van der Waals surface area contributed by atoms with Gasteiger partial charge in [-0.2, -0.15) is 0 Å². The number of carbonyl (C=O) groups is 1. The molecule has 104 valence electrons. The molecule has 0 aromatic rings. The van der Waals surface area contributed by atoms with Crippen LogP contribution in [-0.4, -0.2) is 47.7 Å². The normalized spacial score (nSPS) is 25.3. The van der Waals surface area contributed by atoms with Gasteiger partial charge in [-0.1, -0.05) is 12.8 Å². The average Bonchev–Trinajstić information content (AvgIpc) is 2.59. The number of carbonyl (C=O) groups excluding carboxylic acids is 1. The summed E-state index contributed by atoms with van der Waals surface area (Å²) in [7, 11) is 0. The molecule has 4 heteroatoms. The van der Waals surface area contributed by atoms with E-state index in [9.17, 15) is 4.79 Å². The Morgan fingerprint density at radius 2 is 2.00 bits per heavy atom. The number of rotatable bonds is 5. The van der Waals surface area contributed by atoms with Crippen LogP contribution < -0.4 is 5.32 Å². The molecule has 1 atom stereocenters. The maximum absolute atomic E-state index is 12.6. The van der Waals surface area contributed by atoms with Crippen LogP contribution >= 0.6 is 0 Å². The predicted octanol–water partition coefficient (Wildman–Crippen LogP) is 1.28. The lowest BCUT2D eigenvalue weighted by Crippen LogP contribution is -2.52. The molecule has 18 heavy (non-hydrogen) atoms. The summed E-state index contributed by atoms with van der Waals surface area (Å²) >= 11 is 0. The standard InChI is InChI=1S/C14H26N2O2/c17-11-5-10-16(12-6-4-7-12)14(18)13-8-2-1-3-9-15-13/h12-13,15,17H,1-11H2. The molecule has 2 rings (SSSR count). The maximum Gasteiger partial charge on any atom is 0.239 e. The fraction of sp³-hybridized carbons (Fsp3) is 0.929. The van der Waals surface area contributed by atoms with Gasteiger partial charge in [-0.3, -0.25) is 4.79 Å². The van der Waals surface area contributed by atoms with E-state index in [1.54, 1.807) is 0 Å². The summed E-state index contributed by atoms with van der Waals surface area (Å²) in [5.74, 6) is 0.273. The van der Waals surface area contributed by atoms with Gasteiger partial charge in [0.1, 0.15) is 0 Å². The lowest BCUT2D eigenvalue weighted by atomic mass is 9.90. The number of aliphatic hydroxyl groups is 1. The summed E-state index contributed by atoms with van der Waals surface area (Å²) in [5, 5.41) is 12.4. The van der Waals surface area contributed by atoms with Gasteiger partial charge in [0.15, 0.2) is 0 Å². The third-order valence-electron chi connectivity index (χ3n) is 4.21. The van der Waals surface area contributed by atoms with E-state index in [1.807, 2.05) is 4.90 Å². The molecule has 0 spiro atoms. The highest BCUT2D eigenvalue weighted by atomic mass is 16.3. The van der Waals surface area contributed by atoms with Gasteiger partial charge in [0.2, 0.25) is 5.91 Å². The number of aliphatic hydroxyl groups excluding tert-OH is 1. The van der Waals surface area contributed by atoms with Gasteiger partial charge in [0.25, 0.3) is 0 Å². The van der Waals surface area contributed by atoms with Crippen LogP contribution in [-0.2, 0) is 4.79 Å². The van der Waals surface area contributed by atoms with E-state index >= 15 is 0 Å². The summed E-state index contributed by atoms with van der Waals surface area (Å²) in [6.07, 6.45) is 8.78. The van der Waals surface area contributed by atoms with E-state index in [2.05, 4.69) is 5.32 Å². The first-order valence-corrected chi connectivity index (χ1v) is 7.47. The van der Waals surface area contributed by atoms with Crippen LogP contribution in [0.4, 0.5) is 0 Å². The van der Waals surface area contributed by atoms with Gasteiger partial charge >= 0.3 is 0 Å². The molecule has 1 unspecified atom stereocenters. The average molecular weight is 254 g/mol. The van der Waals surface area contributed by atoms with E-state index in [4.69, 9.17) is 5.11 Å². The molecule has 1 saturated carbocycles. The highest BCUT2D eigenvalue weighted by Crippen LogP contribution is 2.26. The van der Waals surface area contributed by atoms with Gasteiger partial charge < -0.3 is 15.3 Å². The minimum atomic E-state index is 0.0202. The fourth-order valence-electron chi connectivity index (χ4n) is 2.85. The van der Waals surface area contributed by atoms with Crippen molar-refractivity contribution in [3.05, 3.63) is 0 Å². The summed E-state index contributed by atoms with van der Waals surface area (Å²) in [6.45, 7) is 1.86. The molecule has 0 bridgehead atoms. The first-order valence-electron chi connectivity index (χ1n) is 7.47. The van der Waals surface area contributed by atoms with Gasteiger partial charge in [-0.15, -0.1) is 0 Å². The molecule has 2 N–H and O–H groups in total. The largest absolute Gasteiger partial charge is 0.396 e. The van der Waals surface area contributed by atoms with Crippen molar-refractivity contribution < 1.29 is 9.90 Å². The first-order chi connectivity index (χ1) is 8.83. The van der Waals surface area contributed by atoms with Gasteiger partial charge in [0.05, 0.1) is 6.04 Å². The number of hydrogen-bond donors (Lipinski definition) is 2. The number of hydrogen-bond acceptors (Lipinski definition) is 3. The van der Waals surface area contributed by atoms with Crippen molar-refractivity contribution in [1.82, 2.24) is 10.2 Å². The van der Waals surface area contributed by atoms with Crippen molar-refractivity contribution in [2.24, 2.45) is 0 Å². The summed E-state index contributed by atoms with van der Waals surface area (Å²) in [4.78, 5) is 14.6. The molecule has 2 fully saturated rings. The third kappa shape index (κ3) is 3.45. The van der Waals surface area contributed by atoms with E-state index in [0.717, 1.165) is 38.8 Å². The van der Waals surface area contributed by atoms with Crippen molar-refractivity contribution in [1.29, 1.82) is 0 Å². The zero-order chi connectivity index (χ0) is 12.8. The summed E-state index contributed by atoms with van der Waals surface area (Å²) in [6, 6.07) is 0.459. The molecule has 1 saturated heterocycles. The Morgan fingerprint density at radius 3 is 2.67 bits per heavy atom. The van der Waals surface area contributed by atoms with Crippen LogP contribution in [0.15, 0.2) is 0 Å². The minimum absolute atomic E-state index is 0.0202.